The minimum absolute atomic E-state index is 0.0171. The summed E-state index contributed by atoms with van der Waals surface area (Å²) in [6.45, 7) is 2.27. The van der Waals surface area contributed by atoms with Gasteiger partial charge in [-0.05, 0) is 23.4 Å². The molecule has 0 aromatic carbocycles. The molecule has 0 saturated heterocycles. The maximum absolute atomic E-state index is 11.2. The number of carboxylic acid groups (broad SMARTS) is 1. The first-order valence-electron chi connectivity index (χ1n) is 4.17. The molecule has 0 aliphatic carbocycles. The molecule has 2 heterocycles. The Morgan fingerprint density at radius 1 is 1.50 bits per heavy atom. The van der Waals surface area contributed by atoms with Crippen molar-refractivity contribution in [2.24, 2.45) is 0 Å². The second kappa shape index (κ2) is 3.09. The summed E-state index contributed by atoms with van der Waals surface area (Å²) in [5, 5.41) is 10.6. The van der Waals surface area contributed by atoms with E-state index in [1.807, 2.05) is 5.38 Å². The fourth-order valence-electron chi connectivity index (χ4n) is 1.61. The first kappa shape index (κ1) is 9.21. The summed E-state index contributed by atoms with van der Waals surface area (Å²) >= 11 is 1.40. The number of amides is 1. The van der Waals surface area contributed by atoms with E-state index < -0.39 is 6.09 Å². The molecule has 0 fully saturated rings. The number of hydrogen-bond donors (Lipinski definition) is 1. The average molecular weight is 211 g/mol. The first-order valence-corrected chi connectivity index (χ1v) is 5.05. The molecule has 74 valence electrons. The van der Waals surface area contributed by atoms with Gasteiger partial charge in [0.25, 0.3) is 0 Å². The zero-order valence-electron chi connectivity index (χ0n) is 7.61. The van der Waals surface area contributed by atoms with Crippen LogP contribution in [0, 0.1) is 0 Å². The van der Waals surface area contributed by atoms with Crippen molar-refractivity contribution in [3.8, 4) is 0 Å². The van der Waals surface area contributed by atoms with Gasteiger partial charge >= 0.3 is 6.09 Å². The minimum atomic E-state index is -0.930. The minimum Gasteiger partial charge on any atom is -0.465 e. The Balaban J connectivity index is 2.32. The lowest BCUT2D eigenvalue weighted by atomic mass is 10.1. The highest BCUT2D eigenvalue weighted by Crippen LogP contribution is 2.31. The zero-order valence-corrected chi connectivity index (χ0v) is 8.43. The molecule has 1 aromatic rings. The molecule has 14 heavy (non-hydrogen) atoms. The number of Topliss-reactive ketones (excluding diaryl/α,β-unsaturated/α-hetero) is 1. The lowest BCUT2D eigenvalue weighted by Crippen LogP contribution is -2.23. The molecule has 1 aromatic heterocycles. The quantitative estimate of drug-likeness (QED) is 0.722. The van der Waals surface area contributed by atoms with Gasteiger partial charge in [-0.3, -0.25) is 9.69 Å². The summed E-state index contributed by atoms with van der Waals surface area (Å²) in [7, 11) is 0. The monoisotopic (exact) mass is 211 g/mol. The van der Waals surface area contributed by atoms with E-state index in [0.717, 1.165) is 11.1 Å². The second-order valence-electron chi connectivity index (χ2n) is 3.26. The molecule has 1 N–H and O–H groups in total. The van der Waals surface area contributed by atoms with Crippen LogP contribution in [0.3, 0.4) is 0 Å². The Kier molecular flexibility index (Phi) is 2.03. The van der Waals surface area contributed by atoms with Gasteiger partial charge in [-0.15, -0.1) is 11.3 Å². The van der Waals surface area contributed by atoms with Crippen LogP contribution >= 0.6 is 11.3 Å². The summed E-state index contributed by atoms with van der Waals surface area (Å²) in [5.41, 5.74) is 1.87. The molecule has 0 spiro atoms. The van der Waals surface area contributed by atoms with E-state index >= 15 is 0 Å². The average Bonchev–Trinajstić information content (AvgIpc) is 2.58. The van der Waals surface area contributed by atoms with Crippen LogP contribution in [0.5, 0.6) is 0 Å². The van der Waals surface area contributed by atoms with Gasteiger partial charge in [0.2, 0.25) is 0 Å². The van der Waals surface area contributed by atoms with Crippen LogP contribution < -0.4 is 0 Å². The normalized spacial score (nSPS) is 14.2. The Morgan fingerprint density at radius 2 is 2.21 bits per heavy atom. The molecular weight excluding hydrogens is 202 g/mol. The van der Waals surface area contributed by atoms with Gasteiger partial charge in [-0.1, -0.05) is 0 Å². The maximum atomic E-state index is 11.2. The molecule has 0 unspecified atom stereocenters. The van der Waals surface area contributed by atoms with Crippen molar-refractivity contribution in [3.63, 3.8) is 0 Å². The predicted molar refractivity (Wildman–Crippen MR) is 51.6 cm³/mol. The molecule has 4 nitrogen and oxygen atoms in total. The molecule has 5 heteroatoms. The van der Waals surface area contributed by atoms with E-state index in [2.05, 4.69) is 0 Å². The van der Waals surface area contributed by atoms with Crippen LogP contribution in [0.25, 0.3) is 0 Å². The van der Waals surface area contributed by atoms with E-state index in [0.29, 0.717) is 18.0 Å². The van der Waals surface area contributed by atoms with Crippen molar-refractivity contribution in [1.82, 2.24) is 4.90 Å². The fourth-order valence-corrected chi connectivity index (χ4v) is 2.59. The van der Waals surface area contributed by atoms with Gasteiger partial charge in [-0.25, -0.2) is 4.79 Å². The molecule has 0 saturated carbocycles. The Hall–Kier alpha value is -1.36. The van der Waals surface area contributed by atoms with Crippen molar-refractivity contribution in [3.05, 3.63) is 21.4 Å². The van der Waals surface area contributed by atoms with Crippen molar-refractivity contribution in [2.45, 2.75) is 20.0 Å². The molecule has 1 amide bonds. The van der Waals surface area contributed by atoms with E-state index in [-0.39, 0.29) is 5.78 Å². The topological polar surface area (TPSA) is 57.6 Å². The van der Waals surface area contributed by atoms with Crippen LogP contribution in [0.15, 0.2) is 5.38 Å². The van der Waals surface area contributed by atoms with Gasteiger partial charge in [0.1, 0.15) is 0 Å². The van der Waals surface area contributed by atoms with Gasteiger partial charge in [0.15, 0.2) is 5.78 Å². The van der Waals surface area contributed by atoms with Gasteiger partial charge in [0, 0.05) is 0 Å². The Labute approximate surface area is 84.8 Å². The third-order valence-electron chi connectivity index (χ3n) is 2.28. The predicted octanol–water partition coefficient (Wildman–Crippen LogP) is 1.94. The Bertz CT molecular complexity index is 410. The molecule has 1 aliphatic rings. The third-order valence-corrected chi connectivity index (χ3v) is 3.45. The van der Waals surface area contributed by atoms with Crippen LogP contribution in [0.1, 0.15) is 27.7 Å². The SMILES string of the molecule is CC(=O)c1scc2c1CN(C(=O)O)C2. The number of thiophene rings is 1. The van der Waals surface area contributed by atoms with Crippen LogP contribution in [0.2, 0.25) is 0 Å². The zero-order chi connectivity index (χ0) is 10.3. The van der Waals surface area contributed by atoms with Crippen LogP contribution in [-0.2, 0) is 13.1 Å². The van der Waals surface area contributed by atoms with E-state index in [1.165, 1.54) is 23.2 Å². The van der Waals surface area contributed by atoms with Crippen molar-refractivity contribution in [1.29, 1.82) is 0 Å². The summed E-state index contributed by atoms with van der Waals surface area (Å²) in [5.74, 6) is 0.0171. The highest BCUT2D eigenvalue weighted by Gasteiger charge is 2.27. The van der Waals surface area contributed by atoms with E-state index in [9.17, 15) is 9.59 Å². The number of ketones is 1. The lowest BCUT2D eigenvalue weighted by molar-refractivity contribution is 0.101. The molecule has 0 radical (unpaired) electrons. The fraction of sp³-hybridized carbons (Fsp3) is 0.333. The third kappa shape index (κ3) is 1.29. The van der Waals surface area contributed by atoms with Gasteiger partial charge < -0.3 is 5.11 Å². The first-order chi connectivity index (χ1) is 6.59. The van der Waals surface area contributed by atoms with Gasteiger partial charge in [0.05, 0.1) is 18.0 Å². The standard InChI is InChI=1S/C9H9NO3S/c1-5(11)8-7-3-10(9(12)13)2-6(7)4-14-8/h4H,2-3H2,1H3,(H,12,13). The molecule has 2 rings (SSSR count). The summed E-state index contributed by atoms with van der Waals surface area (Å²) in [4.78, 5) is 23.9. The molecule has 0 bridgehead atoms. The van der Waals surface area contributed by atoms with Crippen LogP contribution in [0.4, 0.5) is 4.79 Å². The van der Waals surface area contributed by atoms with Crippen molar-refractivity contribution in [2.75, 3.05) is 0 Å². The second-order valence-corrected chi connectivity index (χ2v) is 4.14. The van der Waals surface area contributed by atoms with Gasteiger partial charge in [-0.2, -0.15) is 0 Å². The number of nitrogens with zero attached hydrogens (tertiary/aromatic N) is 1. The lowest BCUT2D eigenvalue weighted by Gasteiger charge is -2.09. The number of carbonyl (C=O) groups excluding carboxylic acids is 1. The van der Waals surface area contributed by atoms with Crippen molar-refractivity contribution < 1.29 is 14.7 Å². The Morgan fingerprint density at radius 3 is 2.79 bits per heavy atom. The van der Waals surface area contributed by atoms with E-state index in [1.54, 1.807) is 0 Å². The molecule has 0 atom stereocenters. The summed E-state index contributed by atoms with van der Waals surface area (Å²) < 4.78 is 0. The van der Waals surface area contributed by atoms with Crippen molar-refractivity contribution >= 4 is 23.2 Å². The smallest absolute Gasteiger partial charge is 0.407 e. The maximum Gasteiger partial charge on any atom is 0.407 e. The highest BCUT2D eigenvalue weighted by molar-refractivity contribution is 7.12. The number of hydrogen-bond acceptors (Lipinski definition) is 3. The number of fused-ring (bicyclic) bond motifs is 1. The molecular formula is C9H9NO3S. The highest BCUT2D eigenvalue weighted by atomic mass is 32.1. The molecule has 1 aliphatic heterocycles. The summed E-state index contributed by atoms with van der Waals surface area (Å²) in [6.07, 6.45) is -0.930. The number of rotatable bonds is 1. The van der Waals surface area contributed by atoms with Crippen LogP contribution in [-0.4, -0.2) is 21.9 Å². The van der Waals surface area contributed by atoms with E-state index in [4.69, 9.17) is 5.11 Å². The largest absolute Gasteiger partial charge is 0.465 e. The summed E-state index contributed by atoms with van der Waals surface area (Å²) in [6, 6.07) is 0. The number of carbonyl (C=O) groups is 2.